The number of phenolic OH excluding ortho intramolecular Hbond substituents is 2. The molecular weight excluding hydrogens is 320 g/mol. The molecular formula is C19H22N2O4. The third-order valence-electron chi connectivity index (χ3n) is 3.82. The van der Waals surface area contributed by atoms with E-state index in [-0.39, 0.29) is 23.3 Å². The first-order valence-corrected chi connectivity index (χ1v) is 8.11. The van der Waals surface area contributed by atoms with E-state index < -0.39 is 5.92 Å². The van der Waals surface area contributed by atoms with Gasteiger partial charge in [0.2, 0.25) is 11.8 Å². The Morgan fingerprint density at radius 3 is 2.36 bits per heavy atom. The third kappa shape index (κ3) is 4.97. The van der Waals surface area contributed by atoms with Crippen molar-refractivity contribution in [2.45, 2.75) is 26.7 Å². The van der Waals surface area contributed by atoms with Crippen molar-refractivity contribution in [1.29, 1.82) is 0 Å². The van der Waals surface area contributed by atoms with Gasteiger partial charge in [0.15, 0.2) is 0 Å². The topological polar surface area (TPSA) is 98.7 Å². The number of anilines is 2. The van der Waals surface area contributed by atoms with Crippen molar-refractivity contribution in [2.75, 3.05) is 10.6 Å². The van der Waals surface area contributed by atoms with Gasteiger partial charge in [-0.1, -0.05) is 26.0 Å². The van der Waals surface area contributed by atoms with Crippen LogP contribution in [0, 0.1) is 5.92 Å². The van der Waals surface area contributed by atoms with Crippen molar-refractivity contribution < 1.29 is 19.8 Å². The van der Waals surface area contributed by atoms with Crippen molar-refractivity contribution >= 4 is 23.2 Å². The quantitative estimate of drug-likeness (QED) is 0.478. The minimum Gasteiger partial charge on any atom is -0.508 e. The number of aromatic hydroxyl groups is 2. The molecule has 0 saturated carbocycles. The van der Waals surface area contributed by atoms with Gasteiger partial charge in [-0.05, 0) is 42.3 Å². The summed E-state index contributed by atoms with van der Waals surface area (Å²) in [7, 11) is 0. The molecule has 0 heterocycles. The minimum absolute atomic E-state index is 0.0198. The molecule has 0 aliphatic carbocycles. The fourth-order valence-corrected chi connectivity index (χ4v) is 2.33. The molecule has 2 rings (SSSR count). The van der Waals surface area contributed by atoms with Crippen LogP contribution in [0.15, 0.2) is 42.5 Å². The van der Waals surface area contributed by atoms with Crippen molar-refractivity contribution in [1.82, 2.24) is 0 Å². The molecule has 0 bridgehead atoms. The highest BCUT2D eigenvalue weighted by molar-refractivity contribution is 5.93. The first-order chi connectivity index (χ1) is 11.9. The average molecular weight is 342 g/mol. The maximum Gasteiger partial charge on any atom is 0.227 e. The molecule has 0 fully saturated rings. The van der Waals surface area contributed by atoms with Crippen LogP contribution in [-0.2, 0) is 16.0 Å². The Hall–Kier alpha value is -3.02. The number of carbonyl (C=O) groups is 2. The molecule has 0 radical (unpaired) electrons. The molecule has 0 aliphatic heterocycles. The van der Waals surface area contributed by atoms with E-state index in [1.54, 1.807) is 44.2 Å². The second-order valence-corrected chi connectivity index (χ2v) is 5.86. The molecule has 1 unspecified atom stereocenters. The van der Waals surface area contributed by atoms with E-state index in [1.165, 1.54) is 12.1 Å². The van der Waals surface area contributed by atoms with Gasteiger partial charge in [-0.15, -0.1) is 0 Å². The highest BCUT2D eigenvalue weighted by Gasteiger charge is 2.17. The molecule has 0 aliphatic rings. The molecule has 25 heavy (non-hydrogen) atoms. The number of phenols is 2. The Morgan fingerprint density at radius 1 is 1.04 bits per heavy atom. The second-order valence-electron chi connectivity index (χ2n) is 5.86. The number of benzene rings is 2. The number of hydrogen-bond donors (Lipinski definition) is 4. The fourth-order valence-electron chi connectivity index (χ4n) is 2.33. The van der Waals surface area contributed by atoms with E-state index in [4.69, 9.17) is 0 Å². The summed E-state index contributed by atoms with van der Waals surface area (Å²) in [5.41, 5.74) is 1.51. The Labute approximate surface area is 146 Å². The summed E-state index contributed by atoms with van der Waals surface area (Å²) in [6.45, 7) is 3.48. The summed E-state index contributed by atoms with van der Waals surface area (Å²) in [6, 6.07) is 11.3. The third-order valence-corrected chi connectivity index (χ3v) is 3.82. The largest absolute Gasteiger partial charge is 0.508 e. The zero-order valence-corrected chi connectivity index (χ0v) is 14.2. The molecule has 1 atom stereocenters. The number of nitrogens with one attached hydrogen (secondary N) is 2. The van der Waals surface area contributed by atoms with E-state index in [0.717, 1.165) is 0 Å². The smallest absolute Gasteiger partial charge is 0.227 e. The van der Waals surface area contributed by atoms with Gasteiger partial charge in [-0.2, -0.15) is 0 Å². The average Bonchev–Trinajstić information content (AvgIpc) is 2.60. The molecule has 2 aromatic carbocycles. The highest BCUT2D eigenvalue weighted by Crippen LogP contribution is 2.29. The van der Waals surface area contributed by atoms with E-state index in [0.29, 0.717) is 29.8 Å². The summed E-state index contributed by atoms with van der Waals surface area (Å²) in [4.78, 5) is 23.8. The van der Waals surface area contributed by atoms with Gasteiger partial charge < -0.3 is 20.8 Å². The van der Waals surface area contributed by atoms with Crippen LogP contribution in [0.4, 0.5) is 11.4 Å². The molecule has 2 amide bonds. The lowest BCUT2D eigenvalue weighted by atomic mass is 9.98. The Bertz CT molecular complexity index is 757. The number of carbonyl (C=O) groups excluding carboxylic acids is 2. The predicted octanol–water partition coefficient (Wildman–Crippen LogP) is 3.26. The van der Waals surface area contributed by atoms with Crippen LogP contribution in [0.2, 0.25) is 0 Å². The zero-order valence-electron chi connectivity index (χ0n) is 14.2. The van der Waals surface area contributed by atoms with Crippen molar-refractivity contribution in [3.8, 4) is 11.5 Å². The molecule has 0 spiro atoms. The van der Waals surface area contributed by atoms with Crippen molar-refractivity contribution in [3.63, 3.8) is 0 Å². The molecule has 2 aromatic rings. The summed E-state index contributed by atoms with van der Waals surface area (Å²) >= 11 is 0. The summed E-state index contributed by atoms with van der Waals surface area (Å²) < 4.78 is 0. The normalized spacial score (nSPS) is 11.6. The Balaban J connectivity index is 2.05. The molecule has 0 aromatic heterocycles. The van der Waals surface area contributed by atoms with E-state index in [9.17, 15) is 19.8 Å². The lowest BCUT2D eigenvalue weighted by molar-refractivity contribution is -0.119. The fraction of sp³-hybridized carbons (Fsp3) is 0.263. The van der Waals surface area contributed by atoms with E-state index in [1.807, 2.05) is 0 Å². The van der Waals surface area contributed by atoms with Crippen LogP contribution in [0.5, 0.6) is 11.5 Å². The summed E-state index contributed by atoms with van der Waals surface area (Å²) in [6.07, 6.45) is 0.640. The van der Waals surface area contributed by atoms with E-state index in [2.05, 4.69) is 10.6 Å². The maximum absolute atomic E-state index is 12.3. The van der Waals surface area contributed by atoms with Gasteiger partial charge in [0.25, 0.3) is 0 Å². The molecule has 0 saturated heterocycles. The number of para-hydroxylation sites is 1. The van der Waals surface area contributed by atoms with E-state index >= 15 is 0 Å². The standard InChI is InChI=1S/C19H22N2O4/c1-3-17(23)21-16-6-4-5-13(18(16)24)11-12(2)19(25)20-14-7-9-15(22)10-8-14/h4-10,12,22,24H,3,11H2,1-2H3,(H,20,25)(H,21,23). The first kappa shape index (κ1) is 18.3. The van der Waals surface area contributed by atoms with Gasteiger partial charge in [-0.25, -0.2) is 0 Å². The Kier molecular flexibility index (Phi) is 6.00. The highest BCUT2D eigenvalue weighted by atomic mass is 16.3. The van der Waals surface area contributed by atoms with Crippen LogP contribution < -0.4 is 10.6 Å². The lowest BCUT2D eigenvalue weighted by Crippen LogP contribution is -2.22. The second kappa shape index (κ2) is 8.19. The molecule has 132 valence electrons. The molecule has 4 N–H and O–H groups in total. The summed E-state index contributed by atoms with van der Waals surface area (Å²) in [5, 5.41) is 25.0. The monoisotopic (exact) mass is 342 g/mol. The number of hydrogen-bond acceptors (Lipinski definition) is 4. The number of amides is 2. The van der Waals surface area contributed by atoms with Crippen molar-refractivity contribution in [2.24, 2.45) is 5.92 Å². The maximum atomic E-state index is 12.3. The summed E-state index contributed by atoms with van der Waals surface area (Å²) in [5.74, 6) is -0.675. The SMILES string of the molecule is CCC(=O)Nc1cccc(CC(C)C(=O)Nc2ccc(O)cc2)c1O. The van der Waals surface area contributed by atoms with Gasteiger partial charge in [0.05, 0.1) is 5.69 Å². The molecule has 6 nitrogen and oxygen atoms in total. The van der Waals surface area contributed by atoms with Crippen molar-refractivity contribution in [3.05, 3.63) is 48.0 Å². The minimum atomic E-state index is -0.392. The van der Waals surface area contributed by atoms with Gasteiger partial charge in [0.1, 0.15) is 11.5 Å². The zero-order chi connectivity index (χ0) is 18.4. The Morgan fingerprint density at radius 2 is 1.72 bits per heavy atom. The predicted molar refractivity (Wildman–Crippen MR) is 96.6 cm³/mol. The van der Waals surface area contributed by atoms with Crippen LogP contribution >= 0.6 is 0 Å². The van der Waals surface area contributed by atoms with Crippen LogP contribution in [-0.4, -0.2) is 22.0 Å². The lowest BCUT2D eigenvalue weighted by Gasteiger charge is -2.15. The van der Waals surface area contributed by atoms with Gasteiger partial charge >= 0.3 is 0 Å². The first-order valence-electron chi connectivity index (χ1n) is 8.11. The van der Waals surface area contributed by atoms with Crippen LogP contribution in [0.3, 0.4) is 0 Å². The van der Waals surface area contributed by atoms with Crippen LogP contribution in [0.1, 0.15) is 25.8 Å². The number of rotatable bonds is 6. The van der Waals surface area contributed by atoms with Gasteiger partial charge in [0, 0.05) is 18.0 Å². The van der Waals surface area contributed by atoms with Crippen LogP contribution in [0.25, 0.3) is 0 Å². The molecule has 6 heteroatoms. The van der Waals surface area contributed by atoms with Gasteiger partial charge in [-0.3, -0.25) is 9.59 Å².